The standard InChI is InChI=1S/C19H19FN4OS2/c1-12-3-8-16(13(2)9-12)22-18-23-24-19(27-18)26-11-17(25)21-10-14-4-6-15(20)7-5-14/h3-9H,10-11H2,1-2H3,(H,21,25)(H,22,23). The van der Waals surface area contributed by atoms with Crippen LogP contribution in [0.3, 0.4) is 0 Å². The summed E-state index contributed by atoms with van der Waals surface area (Å²) in [6, 6.07) is 12.2. The van der Waals surface area contributed by atoms with Crippen LogP contribution in [0.2, 0.25) is 0 Å². The molecule has 1 aromatic heterocycles. The molecule has 0 saturated heterocycles. The Morgan fingerprint density at radius 2 is 1.93 bits per heavy atom. The molecule has 1 heterocycles. The van der Waals surface area contributed by atoms with Gasteiger partial charge < -0.3 is 10.6 Å². The highest BCUT2D eigenvalue weighted by Gasteiger charge is 2.09. The van der Waals surface area contributed by atoms with Crippen molar-refractivity contribution in [3.63, 3.8) is 0 Å². The van der Waals surface area contributed by atoms with Crippen molar-refractivity contribution in [1.29, 1.82) is 0 Å². The lowest BCUT2D eigenvalue weighted by molar-refractivity contribution is -0.118. The third-order valence-corrected chi connectivity index (χ3v) is 5.73. The van der Waals surface area contributed by atoms with E-state index in [1.807, 2.05) is 19.1 Å². The van der Waals surface area contributed by atoms with E-state index in [1.54, 1.807) is 12.1 Å². The number of halogens is 1. The molecule has 2 aromatic carbocycles. The molecule has 27 heavy (non-hydrogen) atoms. The summed E-state index contributed by atoms with van der Waals surface area (Å²) >= 11 is 2.74. The first-order valence-corrected chi connectivity index (χ1v) is 10.1. The van der Waals surface area contributed by atoms with E-state index in [1.165, 1.54) is 40.8 Å². The Morgan fingerprint density at radius 3 is 2.67 bits per heavy atom. The highest BCUT2D eigenvalue weighted by Crippen LogP contribution is 2.28. The van der Waals surface area contributed by atoms with E-state index in [0.717, 1.165) is 21.2 Å². The van der Waals surface area contributed by atoms with Gasteiger partial charge in [-0.15, -0.1) is 10.2 Å². The third kappa shape index (κ3) is 5.77. The summed E-state index contributed by atoms with van der Waals surface area (Å²) in [6.07, 6.45) is 0. The predicted octanol–water partition coefficient (Wildman–Crippen LogP) is 4.45. The van der Waals surface area contributed by atoms with Crippen LogP contribution < -0.4 is 10.6 Å². The maximum atomic E-state index is 12.9. The second-order valence-electron chi connectivity index (χ2n) is 6.01. The first-order valence-electron chi connectivity index (χ1n) is 8.31. The minimum absolute atomic E-state index is 0.108. The van der Waals surface area contributed by atoms with Gasteiger partial charge in [-0.05, 0) is 43.2 Å². The molecule has 0 aliphatic carbocycles. The van der Waals surface area contributed by atoms with E-state index in [4.69, 9.17) is 0 Å². The van der Waals surface area contributed by atoms with E-state index in [9.17, 15) is 9.18 Å². The summed E-state index contributed by atoms with van der Waals surface area (Å²) in [6.45, 7) is 4.46. The average molecular weight is 403 g/mol. The number of thioether (sulfide) groups is 1. The van der Waals surface area contributed by atoms with Crippen molar-refractivity contribution < 1.29 is 9.18 Å². The maximum absolute atomic E-state index is 12.9. The molecule has 5 nitrogen and oxygen atoms in total. The Bertz CT molecular complexity index is 928. The number of benzene rings is 2. The lowest BCUT2D eigenvalue weighted by atomic mass is 10.1. The highest BCUT2D eigenvalue weighted by atomic mass is 32.2. The smallest absolute Gasteiger partial charge is 0.230 e. The van der Waals surface area contributed by atoms with E-state index < -0.39 is 0 Å². The molecular weight excluding hydrogens is 383 g/mol. The number of hydrogen-bond acceptors (Lipinski definition) is 6. The van der Waals surface area contributed by atoms with Crippen LogP contribution in [0.5, 0.6) is 0 Å². The van der Waals surface area contributed by atoms with Crippen LogP contribution in [-0.4, -0.2) is 21.9 Å². The predicted molar refractivity (Wildman–Crippen MR) is 108 cm³/mol. The van der Waals surface area contributed by atoms with Gasteiger partial charge in [0.25, 0.3) is 0 Å². The highest BCUT2D eigenvalue weighted by molar-refractivity contribution is 8.01. The van der Waals surface area contributed by atoms with Crippen LogP contribution in [0.4, 0.5) is 15.2 Å². The molecule has 3 aromatic rings. The Hall–Kier alpha value is -2.45. The van der Waals surface area contributed by atoms with Crippen LogP contribution in [0.15, 0.2) is 46.8 Å². The molecule has 0 bridgehead atoms. The molecule has 0 radical (unpaired) electrons. The van der Waals surface area contributed by atoms with Gasteiger partial charge in [0.05, 0.1) is 5.75 Å². The molecule has 0 aliphatic heterocycles. The van der Waals surface area contributed by atoms with E-state index >= 15 is 0 Å². The zero-order valence-electron chi connectivity index (χ0n) is 15.0. The van der Waals surface area contributed by atoms with Crippen molar-refractivity contribution in [3.05, 3.63) is 65.0 Å². The SMILES string of the molecule is Cc1ccc(Nc2nnc(SCC(=O)NCc3ccc(F)cc3)s2)c(C)c1. The number of anilines is 2. The first-order chi connectivity index (χ1) is 13.0. The molecule has 0 spiro atoms. The quantitative estimate of drug-likeness (QED) is 0.572. The molecule has 0 saturated carbocycles. The van der Waals surface area contributed by atoms with Crippen molar-refractivity contribution in [2.75, 3.05) is 11.1 Å². The van der Waals surface area contributed by atoms with Crippen molar-refractivity contribution in [2.24, 2.45) is 0 Å². The summed E-state index contributed by atoms with van der Waals surface area (Å²) in [7, 11) is 0. The number of rotatable bonds is 7. The molecule has 0 aliphatic rings. The lowest BCUT2D eigenvalue weighted by Crippen LogP contribution is -2.24. The Balaban J connectivity index is 1.47. The Kier molecular flexibility index (Phi) is 6.41. The first kappa shape index (κ1) is 19.3. The van der Waals surface area contributed by atoms with Gasteiger partial charge in [0.2, 0.25) is 11.0 Å². The summed E-state index contributed by atoms with van der Waals surface area (Å²) < 4.78 is 13.6. The maximum Gasteiger partial charge on any atom is 0.230 e. The molecule has 0 unspecified atom stereocenters. The van der Waals surface area contributed by atoms with Crippen molar-refractivity contribution in [3.8, 4) is 0 Å². The number of nitrogens with zero attached hydrogens (tertiary/aromatic N) is 2. The van der Waals surface area contributed by atoms with Crippen LogP contribution >= 0.6 is 23.1 Å². The fraction of sp³-hybridized carbons (Fsp3) is 0.211. The summed E-state index contributed by atoms with van der Waals surface area (Å²) in [5.74, 6) is -0.148. The normalized spacial score (nSPS) is 10.6. The van der Waals surface area contributed by atoms with Crippen LogP contribution in [0.25, 0.3) is 0 Å². The van der Waals surface area contributed by atoms with Crippen molar-refractivity contribution >= 4 is 39.8 Å². The van der Waals surface area contributed by atoms with Gasteiger partial charge in [-0.3, -0.25) is 4.79 Å². The monoisotopic (exact) mass is 402 g/mol. The molecule has 0 fully saturated rings. The van der Waals surface area contributed by atoms with E-state index in [0.29, 0.717) is 11.7 Å². The number of hydrogen-bond donors (Lipinski definition) is 2. The average Bonchev–Trinajstić information content (AvgIpc) is 3.09. The van der Waals surface area contributed by atoms with Crippen molar-refractivity contribution in [1.82, 2.24) is 15.5 Å². The molecule has 1 amide bonds. The van der Waals surface area contributed by atoms with Gasteiger partial charge in [0.15, 0.2) is 4.34 Å². The fourth-order valence-electron chi connectivity index (χ4n) is 2.37. The minimum Gasteiger partial charge on any atom is -0.351 e. The van der Waals surface area contributed by atoms with Gasteiger partial charge in [-0.1, -0.05) is 52.9 Å². The number of aryl methyl sites for hydroxylation is 2. The number of carbonyl (C=O) groups is 1. The van der Waals surface area contributed by atoms with Gasteiger partial charge in [0.1, 0.15) is 5.82 Å². The number of amides is 1. The molecule has 0 atom stereocenters. The Labute approximate surface area is 165 Å². The van der Waals surface area contributed by atoms with Gasteiger partial charge in [-0.2, -0.15) is 0 Å². The second-order valence-corrected chi connectivity index (χ2v) is 8.21. The van der Waals surface area contributed by atoms with Crippen LogP contribution in [-0.2, 0) is 11.3 Å². The fourth-order valence-corrected chi connectivity index (χ4v) is 3.96. The van der Waals surface area contributed by atoms with E-state index in [2.05, 4.69) is 33.8 Å². The molecule has 2 N–H and O–H groups in total. The Morgan fingerprint density at radius 1 is 1.15 bits per heavy atom. The number of aromatic nitrogens is 2. The zero-order chi connectivity index (χ0) is 19.2. The number of nitrogens with one attached hydrogen (secondary N) is 2. The molecular formula is C19H19FN4OS2. The largest absolute Gasteiger partial charge is 0.351 e. The van der Waals surface area contributed by atoms with E-state index in [-0.39, 0.29) is 17.5 Å². The minimum atomic E-state index is -0.290. The number of carbonyl (C=O) groups excluding carboxylic acids is 1. The topological polar surface area (TPSA) is 66.9 Å². The van der Waals surface area contributed by atoms with Crippen LogP contribution in [0.1, 0.15) is 16.7 Å². The molecule has 8 heteroatoms. The van der Waals surface area contributed by atoms with Crippen molar-refractivity contribution in [2.45, 2.75) is 24.7 Å². The van der Waals surface area contributed by atoms with Gasteiger partial charge >= 0.3 is 0 Å². The lowest BCUT2D eigenvalue weighted by Gasteiger charge is -2.06. The third-order valence-electron chi connectivity index (χ3n) is 3.76. The second kappa shape index (κ2) is 8.96. The summed E-state index contributed by atoms with van der Waals surface area (Å²) in [5.41, 5.74) is 4.19. The summed E-state index contributed by atoms with van der Waals surface area (Å²) in [4.78, 5) is 12.0. The molecule has 3 rings (SSSR count). The van der Waals surface area contributed by atoms with Gasteiger partial charge in [-0.25, -0.2) is 4.39 Å². The molecule has 140 valence electrons. The zero-order valence-corrected chi connectivity index (χ0v) is 16.6. The van der Waals surface area contributed by atoms with Gasteiger partial charge in [0, 0.05) is 12.2 Å². The summed E-state index contributed by atoms with van der Waals surface area (Å²) in [5, 5.41) is 15.0. The van der Waals surface area contributed by atoms with Crippen LogP contribution in [0, 0.1) is 19.7 Å².